The van der Waals surface area contributed by atoms with Crippen LogP contribution >= 0.6 is 0 Å². The summed E-state index contributed by atoms with van der Waals surface area (Å²) >= 11 is 0. The van der Waals surface area contributed by atoms with Crippen LogP contribution in [0.3, 0.4) is 0 Å². The van der Waals surface area contributed by atoms with Crippen molar-refractivity contribution in [3.05, 3.63) is 47.5 Å². The predicted molar refractivity (Wildman–Crippen MR) is 62.8 cm³/mol. The first-order chi connectivity index (χ1) is 7.41. The molecule has 1 aliphatic carbocycles. The Morgan fingerprint density at radius 1 is 1.13 bits per heavy atom. The van der Waals surface area contributed by atoms with E-state index in [9.17, 15) is 0 Å². The van der Waals surface area contributed by atoms with Crippen LogP contribution in [0.2, 0.25) is 0 Å². The van der Waals surface area contributed by atoms with Crippen molar-refractivity contribution in [2.75, 3.05) is 6.54 Å². The second-order valence-electron chi connectivity index (χ2n) is 4.65. The number of hydrogen-bond donors (Lipinski definition) is 1. The molecule has 15 heavy (non-hydrogen) atoms. The number of hydrogen-bond acceptors (Lipinski definition) is 1. The molecule has 1 aromatic rings. The van der Waals surface area contributed by atoms with Crippen LogP contribution in [0.1, 0.15) is 30.4 Å². The molecule has 2 aliphatic rings. The smallest absolute Gasteiger partial charge is 0.0474 e. The molecule has 1 aliphatic heterocycles. The molecule has 1 aromatic carbocycles. The number of fused-ring (bicyclic) bond motifs is 2. The van der Waals surface area contributed by atoms with E-state index in [0.29, 0.717) is 0 Å². The fourth-order valence-corrected chi connectivity index (χ4v) is 3.01. The third kappa shape index (κ3) is 1.42. The van der Waals surface area contributed by atoms with Crippen molar-refractivity contribution < 1.29 is 0 Å². The molecule has 0 bridgehead atoms. The van der Waals surface area contributed by atoms with E-state index < -0.39 is 0 Å². The first-order valence-electron chi connectivity index (χ1n) is 5.89. The molecule has 1 unspecified atom stereocenters. The van der Waals surface area contributed by atoms with E-state index in [2.05, 4.69) is 41.7 Å². The quantitative estimate of drug-likeness (QED) is 0.633. The van der Waals surface area contributed by atoms with Crippen LogP contribution in [-0.4, -0.2) is 6.54 Å². The number of nitrogens with one attached hydrogen (secondary N) is 1. The van der Waals surface area contributed by atoms with Gasteiger partial charge in [-0.1, -0.05) is 36.4 Å². The molecule has 1 heterocycles. The van der Waals surface area contributed by atoms with E-state index in [4.69, 9.17) is 0 Å². The van der Waals surface area contributed by atoms with Gasteiger partial charge in [0.05, 0.1) is 0 Å². The van der Waals surface area contributed by atoms with Gasteiger partial charge in [0.15, 0.2) is 0 Å². The minimum Gasteiger partial charge on any atom is -0.304 e. The third-order valence-electron chi connectivity index (χ3n) is 3.77. The Balaban J connectivity index is 2.08. The lowest BCUT2D eigenvalue weighted by atomic mass is 9.73. The van der Waals surface area contributed by atoms with Crippen molar-refractivity contribution in [3.63, 3.8) is 0 Å². The van der Waals surface area contributed by atoms with E-state index in [1.807, 2.05) is 0 Å². The van der Waals surface area contributed by atoms with Gasteiger partial charge in [-0.2, -0.15) is 0 Å². The normalized spacial score (nSPS) is 29.1. The topological polar surface area (TPSA) is 12.0 Å². The van der Waals surface area contributed by atoms with Gasteiger partial charge in [0.25, 0.3) is 0 Å². The van der Waals surface area contributed by atoms with Crippen LogP contribution in [0.4, 0.5) is 0 Å². The van der Waals surface area contributed by atoms with Gasteiger partial charge in [-0.05, 0) is 36.8 Å². The zero-order valence-electron chi connectivity index (χ0n) is 9.00. The molecule has 0 aromatic heterocycles. The summed E-state index contributed by atoms with van der Waals surface area (Å²) in [7, 11) is 0. The summed E-state index contributed by atoms with van der Waals surface area (Å²) in [4.78, 5) is 0. The first-order valence-corrected chi connectivity index (χ1v) is 5.89. The van der Waals surface area contributed by atoms with E-state index in [-0.39, 0.29) is 5.54 Å². The Morgan fingerprint density at radius 3 is 2.93 bits per heavy atom. The highest BCUT2D eigenvalue weighted by Crippen LogP contribution is 2.39. The highest BCUT2D eigenvalue weighted by molar-refractivity contribution is 5.37. The summed E-state index contributed by atoms with van der Waals surface area (Å²) in [5.41, 5.74) is 3.34. The first kappa shape index (κ1) is 9.17. The fraction of sp³-hybridized carbons (Fsp3) is 0.429. The van der Waals surface area contributed by atoms with Gasteiger partial charge < -0.3 is 5.32 Å². The highest BCUT2D eigenvalue weighted by Gasteiger charge is 2.35. The SMILES string of the molecule is C1=CCC2(CCCc3ccccc32)NC1. The molecule has 78 valence electrons. The van der Waals surface area contributed by atoms with Gasteiger partial charge in [0.2, 0.25) is 0 Å². The van der Waals surface area contributed by atoms with Gasteiger partial charge in [-0.15, -0.1) is 0 Å². The molecule has 1 heteroatoms. The van der Waals surface area contributed by atoms with Crippen LogP contribution in [0.5, 0.6) is 0 Å². The largest absolute Gasteiger partial charge is 0.304 e. The summed E-state index contributed by atoms with van der Waals surface area (Å²) in [6.07, 6.45) is 9.58. The van der Waals surface area contributed by atoms with E-state index in [0.717, 1.165) is 13.0 Å². The fourth-order valence-electron chi connectivity index (χ4n) is 3.01. The van der Waals surface area contributed by atoms with Crippen LogP contribution in [0, 0.1) is 0 Å². The molecule has 0 fully saturated rings. The Labute approximate surface area is 91.2 Å². The summed E-state index contributed by atoms with van der Waals surface area (Å²) in [6, 6.07) is 8.93. The molecule has 1 nitrogen and oxygen atoms in total. The van der Waals surface area contributed by atoms with Crippen molar-refractivity contribution >= 4 is 0 Å². The van der Waals surface area contributed by atoms with Crippen LogP contribution < -0.4 is 5.32 Å². The van der Waals surface area contributed by atoms with Crippen LogP contribution in [0.15, 0.2) is 36.4 Å². The Bertz CT molecular complexity index is 394. The maximum atomic E-state index is 3.70. The van der Waals surface area contributed by atoms with Crippen LogP contribution in [0.25, 0.3) is 0 Å². The average Bonchev–Trinajstić information content (AvgIpc) is 2.31. The molecule has 0 saturated carbocycles. The zero-order valence-corrected chi connectivity index (χ0v) is 9.00. The van der Waals surface area contributed by atoms with Gasteiger partial charge in [-0.3, -0.25) is 0 Å². The van der Waals surface area contributed by atoms with Crippen molar-refractivity contribution in [2.24, 2.45) is 0 Å². The van der Waals surface area contributed by atoms with E-state index >= 15 is 0 Å². The molecular formula is C14H17N. The number of benzene rings is 1. The van der Waals surface area contributed by atoms with Gasteiger partial charge in [0.1, 0.15) is 0 Å². The molecule has 1 N–H and O–H groups in total. The Kier molecular flexibility index (Phi) is 2.14. The van der Waals surface area contributed by atoms with Gasteiger partial charge in [0, 0.05) is 12.1 Å². The minimum absolute atomic E-state index is 0.254. The molecule has 0 amide bonds. The predicted octanol–water partition coefficient (Wildman–Crippen LogP) is 2.77. The molecule has 1 spiro atoms. The lowest BCUT2D eigenvalue weighted by Crippen LogP contribution is -2.46. The molecule has 3 rings (SSSR count). The average molecular weight is 199 g/mol. The monoisotopic (exact) mass is 199 g/mol. The van der Waals surface area contributed by atoms with Gasteiger partial charge in [-0.25, -0.2) is 0 Å². The number of aryl methyl sites for hydroxylation is 1. The minimum atomic E-state index is 0.254. The van der Waals surface area contributed by atoms with E-state index in [1.165, 1.54) is 19.3 Å². The highest BCUT2D eigenvalue weighted by atomic mass is 15.0. The lowest BCUT2D eigenvalue weighted by molar-refractivity contribution is 0.289. The maximum absolute atomic E-state index is 3.70. The third-order valence-corrected chi connectivity index (χ3v) is 3.77. The van der Waals surface area contributed by atoms with E-state index in [1.54, 1.807) is 11.1 Å². The standard InChI is InChI=1S/C14H17N/c1-2-8-13-12(6-1)7-5-10-14(13)9-3-4-11-15-14/h1-4,6,8,15H,5,7,9-11H2. The lowest BCUT2D eigenvalue weighted by Gasteiger charge is -2.41. The second-order valence-corrected chi connectivity index (χ2v) is 4.65. The van der Waals surface area contributed by atoms with Gasteiger partial charge >= 0.3 is 0 Å². The Hall–Kier alpha value is -1.08. The molecular weight excluding hydrogens is 182 g/mol. The summed E-state index contributed by atoms with van der Waals surface area (Å²) in [6.45, 7) is 1.02. The summed E-state index contributed by atoms with van der Waals surface area (Å²) in [5, 5.41) is 3.70. The number of rotatable bonds is 0. The summed E-state index contributed by atoms with van der Waals surface area (Å²) in [5.74, 6) is 0. The van der Waals surface area contributed by atoms with Crippen molar-refractivity contribution in [1.29, 1.82) is 0 Å². The zero-order chi connectivity index (χ0) is 10.1. The van der Waals surface area contributed by atoms with Crippen molar-refractivity contribution in [2.45, 2.75) is 31.2 Å². The van der Waals surface area contributed by atoms with Crippen molar-refractivity contribution in [1.82, 2.24) is 5.32 Å². The van der Waals surface area contributed by atoms with Crippen molar-refractivity contribution in [3.8, 4) is 0 Å². The van der Waals surface area contributed by atoms with Crippen LogP contribution in [-0.2, 0) is 12.0 Å². The maximum Gasteiger partial charge on any atom is 0.0474 e. The second kappa shape index (κ2) is 3.49. The summed E-state index contributed by atoms with van der Waals surface area (Å²) < 4.78 is 0. The molecule has 1 atom stereocenters. The Morgan fingerprint density at radius 2 is 2.07 bits per heavy atom. The molecule has 0 radical (unpaired) electrons. The molecule has 0 saturated heterocycles.